The van der Waals surface area contributed by atoms with Crippen LogP contribution in [-0.4, -0.2) is 28.2 Å². The summed E-state index contributed by atoms with van der Waals surface area (Å²) in [6, 6.07) is 0. The molecule has 0 aliphatic heterocycles. The van der Waals surface area contributed by atoms with E-state index in [1.54, 1.807) is 12.4 Å². The average molecular weight is 221 g/mol. The summed E-state index contributed by atoms with van der Waals surface area (Å²) in [4.78, 5) is 10.8. The van der Waals surface area contributed by atoms with E-state index in [1.165, 1.54) is 19.3 Å². The van der Waals surface area contributed by atoms with Crippen molar-refractivity contribution in [1.29, 1.82) is 0 Å². The van der Waals surface area contributed by atoms with Crippen molar-refractivity contribution in [2.45, 2.75) is 32.8 Å². The van der Waals surface area contributed by atoms with Crippen molar-refractivity contribution in [3.63, 3.8) is 0 Å². The lowest BCUT2D eigenvalue weighted by Crippen LogP contribution is -2.33. The lowest BCUT2D eigenvalue weighted by Gasteiger charge is -2.32. The molecule has 4 nitrogen and oxygen atoms in total. The van der Waals surface area contributed by atoms with E-state index in [0.29, 0.717) is 5.69 Å². The summed E-state index contributed by atoms with van der Waals surface area (Å²) in [5, 5.41) is 8.90. The molecule has 4 heteroatoms. The van der Waals surface area contributed by atoms with Crippen molar-refractivity contribution in [3.05, 3.63) is 18.1 Å². The molecule has 0 radical (unpaired) electrons. The van der Waals surface area contributed by atoms with E-state index in [4.69, 9.17) is 5.11 Å². The Kier molecular flexibility index (Phi) is 3.72. The molecule has 0 atom stereocenters. The van der Waals surface area contributed by atoms with Crippen molar-refractivity contribution in [2.75, 3.05) is 18.0 Å². The van der Waals surface area contributed by atoms with Gasteiger partial charge in [-0.25, -0.2) is 4.98 Å². The Morgan fingerprint density at radius 1 is 1.38 bits per heavy atom. The SMILES string of the molecule is CCN(CC1CCC1)c1cnc(CO)cn1. The largest absolute Gasteiger partial charge is 0.390 e. The number of aliphatic hydroxyl groups excluding tert-OH is 1. The Morgan fingerprint density at radius 3 is 2.62 bits per heavy atom. The van der Waals surface area contributed by atoms with Crippen LogP contribution in [0.5, 0.6) is 0 Å². The van der Waals surface area contributed by atoms with Crippen molar-refractivity contribution >= 4 is 5.82 Å². The summed E-state index contributed by atoms with van der Waals surface area (Å²) in [6.45, 7) is 4.15. The quantitative estimate of drug-likeness (QED) is 0.820. The van der Waals surface area contributed by atoms with Gasteiger partial charge in [-0.05, 0) is 25.7 Å². The average Bonchev–Trinajstić information content (AvgIpc) is 2.28. The lowest BCUT2D eigenvalue weighted by molar-refractivity contribution is 0.276. The van der Waals surface area contributed by atoms with Crippen molar-refractivity contribution in [2.24, 2.45) is 5.92 Å². The minimum absolute atomic E-state index is 0.0397. The molecule has 0 bridgehead atoms. The first kappa shape index (κ1) is 11.3. The summed E-state index contributed by atoms with van der Waals surface area (Å²) in [5.41, 5.74) is 0.628. The van der Waals surface area contributed by atoms with Crippen LogP contribution in [0.4, 0.5) is 5.82 Å². The van der Waals surface area contributed by atoms with E-state index < -0.39 is 0 Å². The zero-order chi connectivity index (χ0) is 11.4. The van der Waals surface area contributed by atoms with Gasteiger partial charge in [0.25, 0.3) is 0 Å². The highest BCUT2D eigenvalue weighted by molar-refractivity contribution is 5.35. The number of aliphatic hydroxyl groups is 1. The Morgan fingerprint density at radius 2 is 2.19 bits per heavy atom. The van der Waals surface area contributed by atoms with Crippen molar-refractivity contribution < 1.29 is 5.11 Å². The van der Waals surface area contributed by atoms with Crippen LogP contribution in [0.1, 0.15) is 31.9 Å². The lowest BCUT2D eigenvalue weighted by atomic mass is 9.85. The number of nitrogens with zero attached hydrogens (tertiary/aromatic N) is 3. The molecule has 1 aromatic heterocycles. The number of hydrogen-bond acceptors (Lipinski definition) is 4. The maximum Gasteiger partial charge on any atom is 0.147 e. The van der Waals surface area contributed by atoms with Crippen LogP contribution in [0, 0.1) is 5.92 Å². The smallest absolute Gasteiger partial charge is 0.147 e. The van der Waals surface area contributed by atoms with E-state index in [-0.39, 0.29) is 6.61 Å². The fourth-order valence-electron chi connectivity index (χ4n) is 1.96. The second-order valence-electron chi connectivity index (χ2n) is 4.36. The van der Waals surface area contributed by atoms with Gasteiger partial charge in [-0.3, -0.25) is 4.98 Å². The Labute approximate surface area is 96.3 Å². The molecule has 2 rings (SSSR count). The van der Waals surface area contributed by atoms with Crippen LogP contribution < -0.4 is 4.90 Å². The summed E-state index contributed by atoms with van der Waals surface area (Å²) < 4.78 is 0. The van der Waals surface area contributed by atoms with Crippen molar-refractivity contribution in [3.8, 4) is 0 Å². The topological polar surface area (TPSA) is 49.2 Å². The molecule has 1 heterocycles. The van der Waals surface area contributed by atoms with Crippen LogP contribution in [0.2, 0.25) is 0 Å². The maximum absolute atomic E-state index is 8.90. The second kappa shape index (κ2) is 5.25. The van der Waals surface area contributed by atoms with Crippen LogP contribution in [-0.2, 0) is 6.61 Å². The Balaban J connectivity index is 2.00. The Bertz CT molecular complexity index is 322. The van der Waals surface area contributed by atoms with Gasteiger partial charge in [0.15, 0.2) is 0 Å². The molecule has 0 saturated heterocycles. The fraction of sp³-hybridized carbons (Fsp3) is 0.667. The molecule has 1 saturated carbocycles. The predicted octanol–water partition coefficient (Wildman–Crippen LogP) is 1.60. The minimum atomic E-state index is -0.0397. The van der Waals surface area contributed by atoms with Crippen LogP contribution >= 0.6 is 0 Å². The molecule has 1 aliphatic rings. The Hall–Kier alpha value is -1.16. The van der Waals surface area contributed by atoms with Gasteiger partial charge in [-0.2, -0.15) is 0 Å². The number of hydrogen-bond donors (Lipinski definition) is 1. The zero-order valence-electron chi connectivity index (χ0n) is 9.76. The first-order chi connectivity index (χ1) is 7.83. The predicted molar refractivity (Wildman–Crippen MR) is 63.2 cm³/mol. The third kappa shape index (κ3) is 2.50. The van der Waals surface area contributed by atoms with Crippen LogP contribution in [0.15, 0.2) is 12.4 Å². The second-order valence-corrected chi connectivity index (χ2v) is 4.36. The standard InChI is InChI=1S/C12H19N3O/c1-2-15(8-10-4-3-5-10)12-7-13-11(9-16)6-14-12/h6-7,10,16H,2-5,8-9H2,1H3. The van der Waals surface area contributed by atoms with E-state index >= 15 is 0 Å². The molecule has 1 aliphatic carbocycles. The van der Waals surface area contributed by atoms with Gasteiger partial charge in [0.2, 0.25) is 0 Å². The highest BCUT2D eigenvalue weighted by Crippen LogP contribution is 2.28. The van der Waals surface area contributed by atoms with Gasteiger partial charge < -0.3 is 10.0 Å². The highest BCUT2D eigenvalue weighted by Gasteiger charge is 2.20. The van der Waals surface area contributed by atoms with Gasteiger partial charge in [0, 0.05) is 13.1 Å². The third-order valence-corrected chi connectivity index (χ3v) is 3.26. The molecule has 1 fully saturated rings. The zero-order valence-corrected chi connectivity index (χ0v) is 9.76. The van der Waals surface area contributed by atoms with E-state index in [9.17, 15) is 0 Å². The maximum atomic E-state index is 8.90. The molecule has 16 heavy (non-hydrogen) atoms. The van der Waals surface area contributed by atoms with Gasteiger partial charge in [-0.1, -0.05) is 6.42 Å². The monoisotopic (exact) mass is 221 g/mol. The molecular weight excluding hydrogens is 202 g/mol. The molecule has 1 N–H and O–H groups in total. The van der Waals surface area contributed by atoms with Crippen LogP contribution in [0.3, 0.4) is 0 Å². The van der Waals surface area contributed by atoms with Gasteiger partial charge in [0.1, 0.15) is 5.82 Å². The van der Waals surface area contributed by atoms with E-state index in [0.717, 1.165) is 24.8 Å². The highest BCUT2D eigenvalue weighted by atomic mass is 16.3. The number of anilines is 1. The van der Waals surface area contributed by atoms with Crippen molar-refractivity contribution in [1.82, 2.24) is 9.97 Å². The first-order valence-corrected chi connectivity index (χ1v) is 6.00. The minimum Gasteiger partial charge on any atom is -0.390 e. The normalized spacial score (nSPS) is 15.9. The number of rotatable bonds is 5. The molecule has 0 amide bonds. The van der Waals surface area contributed by atoms with Gasteiger partial charge >= 0.3 is 0 Å². The molecule has 1 aromatic rings. The summed E-state index contributed by atoms with van der Waals surface area (Å²) >= 11 is 0. The van der Waals surface area contributed by atoms with Gasteiger partial charge in [-0.15, -0.1) is 0 Å². The summed E-state index contributed by atoms with van der Waals surface area (Å²) in [5.74, 6) is 1.76. The molecule has 0 spiro atoms. The molecule has 0 aromatic carbocycles. The molecule has 88 valence electrons. The summed E-state index contributed by atoms with van der Waals surface area (Å²) in [6.07, 6.45) is 7.47. The fourth-order valence-corrected chi connectivity index (χ4v) is 1.96. The first-order valence-electron chi connectivity index (χ1n) is 6.00. The molecule has 0 unspecified atom stereocenters. The van der Waals surface area contributed by atoms with Gasteiger partial charge in [0.05, 0.1) is 24.7 Å². The third-order valence-electron chi connectivity index (χ3n) is 3.26. The number of aromatic nitrogens is 2. The van der Waals surface area contributed by atoms with E-state index in [2.05, 4.69) is 21.8 Å². The van der Waals surface area contributed by atoms with E-state index in [1.807, 2.05) is 0 Å². The van der Waals surface area contributed by atoms with Crippen LogP contribution in [0.25, 0.3) is 0 Å². The summed E-state index contributed by atoms with van der Waals surface area (Å²) in [7, 11) is 0. The molecular formula is C12H19N3O.